The van der Waals surface area contributed by atoms with E-state index in [1.54, 1.807) is 0 Å². The zero-order chi connectivity index (χ0) is 16.4. The van der Waals surface area contributed by atoms with Gasteiger partial charge in [-0.15, -0.1) is 24.8 Å². The summed E-state index contributed by atoms with van der Waals surface area (Å²) >= 11 is 0. The lowest BCUT2D eigenvalue weighted by Gasteiger charge is -2.19. The predicted molar refractivity (Wildman–Crippen MR) is 108 cm³/mol. The summed E-state index contributed by atoms with van der Waals surface area (Å²) in [5.41, 5.74) is 2.69. The highest BCUT2D eigenvalue weighted by Gasteiger charge is 2.27. The van der Waals surface area contributed by atoms with Crippen LogP contribution in [-0.4, -0.2) is 42.5 Å². The number of hydrogen-bond acceptors (Lipinski definition) is 3. The van der Waals surface area contributed by atoms with Crippen LogP contribution < -0.4 is 5.32 Å². The molecule has 1 saturated heterocycles. The molecule has 1 fully saturated rings. The number of halogens is 2. The van der Waals surface area contributed by atoms with Gasteiger partial charge in [0, 0.05) is 24.2 Å². The van der Waals surface area contributed by atoms with E-state index in [-0.39, 0.29) is 30.7 Å². The van der Waals surface area contributed by atoms with Crippen LogP contribution in [0.4, 0.5) is 0 Å². The highest BCUT2D eigenvalue weighted by Crippen LogP contribution is 2.25. The molecule has 1 unspecified atom stereocenters. The Labute approximate surface area is 162 Å². The lowest BCUT2D eigenvalue weighted by molar-refractivity contribution is 0.0789. The molecule has 0 bridgehead atoms. The molecule has 1 amide bonds. The van der Waals surface area contributed by atoms with E-state index in [1.807, 2.05) is 42.3 Å². The number of carbonyl (C=O) groups is 1. The molecular weight excluding hydrogens is 357 g/mol. The van der Waals surface area contributed by atoms with E-state index in [1.165, 1.54) is 0 Å². The van der Waals surface area contributed by atoms with Crippen LogP contribution in [0, 0.1) is 5.92 Å². The predicted octanol–water partition coefficient (Wildman–Crippen LogP) is 3.88. The van der Waals surface area contributed by atoms with Crippen molar-refractivity contribution in [1.29, 1.82) is 0 Å². The Morgan fingerprint density at radius 1 is 1.32 bits per heavy atom. The average Bonchev–Trinajstić information content (AvgIpc) is 3.02. The first kappa shape index (κ1) is 21.7. The summed E-state index contributed by atoms with van der Waals surface area (Å²) < 4.78 is 0. The molecule has 3 rings (SSSR count). The SMILES string of the molecule is CNCC1CCN(C(=O)c2cc(C(C)C)nc3ccccc23)C1.Cl.Cl. The van der Waals surface area contributed by atoms with E-state index in [2.05, 4.69) is 19.2 Å². The summed E-state index contributed by atoms with van der Waals surface area (Å²) in [4.78, 5) is 19.8. The van der Waals surface area contributed by atoms with Crippen molar-refractivity contribution in [3.63, 3.8) is 0 Å². The molecule has 0 saturated carbocycles. The molecule has 0 aliphatic carbocycles. The lowest BCUT2D eigenvalue weighted by Crippen LogP contribution is -2.30. The molecule has 138 valence electrons. The summed E-state index contributed by atoms with van der Waals surface area (Å²) in [5.74, 6) is 1.01. The van der Waals surface area contributed by atoms with E-state index in [0.717, 1.165) is 48.2 Å². The largest absolute Gasteiger partial charge is 0.338 e. The van der Waals surface area contributed by atoms with Gasteiger partial charge in [0.15, 0.2) is 0 Å². The van der Waals surface area contributed by atoms with E-state index >= 15 is 0 Å². The van der Waals surface area contributed by atoms with Gasteiger partial charge in [0.2, 0.25) is 0 Å². The second-order valence-electron chi connectivity index (χ2n) is 6.73. The number of carbonyl (C=O) groups excluding carboxylic acids is 1. The number of benzene rings is 1. The van der Waals surface area contributed by atoms with Crippen molar-refractivity contribution in [2.24, 2.45) is 5.92 Å². The Bertz CT molecular complexity index is 721. The number of hydrogen-bond donors (Lipinski definition) is 1. The molecule has 1 N–H and O–H groups in total. The fourth-order valence-electron chi connectivity index (χ4n) is 3.31. The minimum absolute atomic E-state index is 0. The first-order valence-corrected chi connectivity index (χ1v) is 8.43. The van der Waals surface area contributed by atoms with Crippen molar-refractivity contribution in [3.8, 4) is 0 Å². The maximum absolute atomic E-state index is 13.1. The molecule has 6 heteroatoms. The van der Waals surface area contributed by atoms with Gasteiger partial charge < -0.3 is 10.2 Å². The molecule has 2 aromatic rings. The van der Waals surface area contributed by atoms with Crippen LogP contribution in [0.5, 0.6) is 0 Å². The summed E-state index contributed by atoms with van der Waals surface area (Å²) in [5, 5.41) is 4.17. The number of nitrogens with zero attached hydrogens (tertiary/aromatic N) is 2. The highest BCUT2D eigenvalue weighted by atomic mass is 35.5. The number of likely N-dealkylation sites (tertiary alicyclic amines) is 1. The maximum atomic E-state index is 13.1. The molecular formula is C19H27Cl2N3O. The van der Waals surface area contributed by atoms with Crippen LogP contribution in [0.1, 0.15) is 42.2 Å². The third kappa shape index (κ3) is 4.63. The van der Waals surface area contributed by atoms with Crippen molar-refractivity contribution in [3.05, 3.63) is 41.6 Å². The molecule has 0 radical (unpaired) electrons. The van der Waals surface area contributed by atoms with Crippen molar-refractivity contribution in [2.75, 3.05) is 26.7 Å². The first-order chi connectivity index (χ1) is 11.1. The van der Waals surface area contributed by atoms with Gasteiger partial charge in [-0.3, -0.25) is 9.78 Å². The molecule has 1 aromatic carbocycles. The Balaban J connectivity index is 0.00000156. The number of fused-ring (bicyclic) bond motifs is 1. The molecule has 2 heterocycles. The van der Waals surface area contributed by atoms with Crippen LogP contribution in [-0.2, 0) is 0 Å². The van der Waals surface area contributed by atoms with Gasteiger partial charge in [-0.1, -0.05) is 32.0 Å². The van der Waals surface area contributed by atoms with Crippen molar-refractivity contribution >= 4 is 41.6 Å². The van der Waals surface area contributed by atoms with Crippen LogP contribution in [0.15, 0.2) is 30.3 Å². The van der Waals surface area contributed by atoms with Gasteiger partial charge in [0.05, 0.1) is 11.1 Å². The molecule has 1 aromatic heterocycles. The zero-order valence-electron chi connectivity index (χ0n) is 15.0. The molecule has 25 heavy (non-hydrogen) atoms. The Hall–Kier alpha value is -1.36. The Kier molecular flexibility index (Phi) is 8.13. The molecule has 1 atom stereocenters. The third-order valence-electron chi connectivity index (χ3n) is 4.62. The van der Waals surface area contributed by atoms with Crippen LogP contribution in [0.3, 0.4) is 0 Å². The number of aromatic nitrogens is 1. The molecule has 1 aliphatic heterocycles. The highest BCUT2D eigenvalue weighted by molar-refractivity contribution is 6.06. The number of para-hydroxylation sites is 1. The quantitative estimate of drug-likeness (QED) is 0.870. The number of rotatable bonds is 4. The van der Waals surface area contributed by atoms with E-state index in [9.17, 15) is 4.79 Å². The fourth-order valence-corrected chi connectivity index (χ4v) is 3.31. The molecule has 4 nitrogen and oxygen atoms in total. The number of nitrogens with one attached hydrogen (secondary N) is 1. The monoisotopic (exact) mass is 383 g/mol. The minimum atomic E-state index is 0. The lowest BCUT2D eigenvalue weighted by atomic mass is 10.0. The van der Waals surface area contributed by atoms with E-state index < -0.39 is 0 Å². The summed E-state index contributed by atoms with van der Waals surface area (Å²) in [6.45, 7) is 6.89. The van der Waals surface area contributed by atoms with Crippen LogP contribution >= 0.6 is 24.8 Å². The maximum Gasteiger partial charge on any atom is 0.254 e. The summed E-state index contributed by atoms with van der Waals surface area (Å²) in [6.07, 6.45) is 1.08. The second kappa shape index (κ2) is 9.37. The first-order valence-electron chi connectivity index (χ1n) is 8.43. The van der Waals surface area contributed by atoms with Crippen LogP contribution in [0.2, 0.25) is 0 Å². The third-order valence-corrected chi connectivity index (χ3v) is 4.62. The van der Waals surface area contributed by atoms with Crippen molar-refractivity contribution in [1.82, 2.24) is 15.2 Å². The van der Waals surface area contributed by atoms with E-state index in [0.29, 0.717) is 11.8 Å². The van der Waals surface area contributed by atoms with Gasteiger partial charge in [-0.25, -0.2) is 0 Å². The van der Waals surface area contributed by atoms with Crippen LogP contribution in [0.25, 0.3) is 10.9 Å². The van der Waals surface area contributed by atoms with Gasteiger partial charge in [-0.05, 0) is 44.0 Å². The summed E-state index contributed by atoms with van der Waals surface area (Å²) in [7, 11) is 1.97. The number of pyridine rings is 1. The normalized spacial score (nSPS) is 16.6. The van der Waals surface area contributed by atoms with Gasteiger partial charge in [0.25, 0.3) is 5.91 Å². The minimum Gasteiger partial charge on any atom is -0.338 e. The standard InChI is InChI=1S/C19H25N3O.2ClH/c1-13(2)18-10-16(15-6-4-5-7-17(15)21-18)19(23)22-9-8-14(12-22)11-20-3;;/h4-7,10,13-14,20H,8-9,11-12H2,1-3H3;2*1H. The smallest absolute Gasteiger partial charge is 0.254 e. The van der Waals surface area contributed by atoms with Gasteiger partial charge in [0.1, 0.15) is 0 Å². The fraction of sp³-hybridized carbons (Fsp3) is 0.474. The Morgan fingerprint density at radius 2 is 2.04 bits per heavy atom. The van der Waals surface area contributed by atoms with Gasteiger partial charge in [-0.2, -0.15) is 0 Å². The van der Waals surface area contributed by atoms with Gasteiger partial charge >= 0.3 is 0 Å². The second-order valence-corrected chi connectivity index (χ2v) is 6.73. The molecule has 0 spiro atoms. The number of amides is 1. The Morgan fingerprint density at radius 3 is 2.72 bits per heavy atom. The topological polar surface area (TPSA) is 45.2 Å². The average molecular weight is 384 g/mol. The van der Waals surface area contributed by atoms with E-state index in [4.69, 9.17) is 4.98 Å². The van der Waals surface area contributed by atoms with Crippen molar-refractivity contribution in [2.45, 2.75) is 26.2 Å². The van der Waals surface area contributed by atoms with Crippen molar-refractivity contribution < 1.29 is 4.79 Å². The molecule has 1 aliphatic rings. The summed E-state index contributed by atoms with van der Waals surface area (Å²) in [6, 6.07) is 9.93. The zero-order valence-corrected chi connectivity index (χ0v) is 16.6.